The van der Waals surface area contributed by atoms with E-state index in [0.29, 0.717) is 44.3 Å². The topological polar surface area (TPSA) is 111 Å². The monoisotopic (exact) mass is 527 g/mol. The molecule has 1 aromatic carbocycles. The van der Waals surface area contributed by atoms with Crippen LogP contribution >= 0.6 is 0 Å². The van der Waals surface area contributed by atoms with Crippen LogP contribution in [0.5, 0.6) is 0 Å². The van der Waals surface area contributed by atoms with Crippen molar-refractivity contribution in [1.29, 1.82) is 0 Å². The van der Waals surface area contributed by atoms with E-state index in [1.807, 2.05) is 24.3 Å². The Hall–Kier alpha value is -2.91. The standard InChI is InChI=1S/C29H41N3O6/c1-5-17-31(21-13-11-20(12-14-21)30(6-2)7-3)26(35)24-29-16-15-28(4,38-29)23(27(36)37)22(29)25(34)32(24)18-9-8-10-19-33/h5,11-14,22-24,33H,1,6-10,15-19H2,2-4H3,(H,36,37)/t22-,23+,24?,28-,29?/m0/s1. The molecule has 2 bridgehead atoms. The third-order valence-electron chi connectivity index (χ3n) is 8.70. The van der Waals surface area contributed by atoms with Crippen molar-refractivity contribution in [1.82, 2.24) is 4.90 Å². The molecule has 38 heavy (non-hydrogen) atoms. The average molecular weight is 528 g/mol. The Morgan fingerprint density at radius 1 is 1.13 bits per heavy atom. The largest absolute Gasteiger partial charge is 0.481 e. The van der Waals surface area contributed by atoms with E-state index in [1.165, 1.54) is 0 Å². The average Bonchev–Trinajstić information content (AvgIpc) is 3.46. The fraction of sp³-hybridized carbons (Fsp3) is 0.621. The van der Waals surface area contributed by atoms with Gasteiger partial charge in [-0.05, 0) is 77.1 Å². The van der Waals surface area contributed by atoms with Gasteiger partial charge < -0.3 is 29.6 Å². The number of anilines is 2. The number of carboxylic acids is 1. The molecule has 4 rings (SSSR count). The van der Waals surface area contributed by atoms with E-state index in [1.54, 1.807) is 22.8 Å². The fourth-order valence-corrected chi connectivity index (χ4v) is 6.92. The van der Waals surface area contributed by atoms with Gasteiger partial charge in [-0.3, -0.25) is 14.4 Å². The van der Waals surface area contributed by atoms with Crippen LogP contribution in [0.3, 0.4) is 0 Å². The Kier molecular flexibility index (Phi) is 8.18. The zero-order chi connectivity index (χ0) is 27.7. The van der Waals surface area contributed by atoms with Gasteiger partial charge in [0.25, 0.3) is 5.91 Å². The quantitative estimate of drug-likeness (QED) is 0.300. The van der Waals surface area contributed by atoms with E-state index in [0.717, 1.165) is 18.8 Å². The molecule has 5 atom stereocenters. The van der Waals surface area contributed by atoms with Crippen molar-refractivity contribution >= 4 is 29.2 Å². The predicted molar refractivity (Wildman–Crippen MR) is 145 cm³/mol. The van der Waals surface area contributed by atoms with Gasteiger partial charge in [0.05, 0.1) is 17.4 Å². The Morgan fingerprint density at radius 2 is 1.79 bits per heavy atom. The number of carbonyl (C=O) groups is 3. The number of aliphatic carboxylic acids is 1. The lowest BCUT2D eigenvalue weighted by molar-refractivity contribution is -0.154. The summed E-state index contributed by atoms with van der Waals surface area (Å²) in [4.78, 5) is 46.0. The van der Waals surface area contributed by atoms with Gasteiger partial charge in [-0.25, -0.2) is 0 Å². The van der Waals surface area contributed by atoms with Crippen molar-refractivity contribution in [3.8, 4) is 0 Å². The Morgan fingerprint density at radius 3 is 2.37 bits per heavy atom. The molecule has 1 aromatic rings. The molecular weight excluding hydrogens is 486 g/mol. The highest BCUT2D eigenvalue weighted by Crippen LogP contribution is 2.63. The third kappa shape index (κ3) is 4.49. The molecule has 2 N–H and O–H groups in total. The molecule has 9 heteroatoms. The van der Waals surface area contributed by atoms with E-state index in [2.05, 4.69) is 25.3 Å². The number of carbonyl (C=O) groups excluding carboxylic acids is 2. The summed E-state index contributed by atoms with van der Waals surface area (Å²) < 4.78 is 6.49. The number of benzene rings is 1. The highest BCUT2D eigenvalue weighted by atomic mass is 16.5. The van der Waals surface area contributed by atoms with Crippen LogP contribution in [0.1, 0.15) is 52.9 Å². The smallest absolute Gasteiger partial charge is 0.310 e. The fourth-order valence-electron chi connectivity index (χ4n) is 6.92. The number of rotatable bonds is 13. The first-order valence-corrected chi connectivity index (χ1v) is 13.8. The van der Waals surface area contributed by atoms with Crippen LogP contribution in [0, 0.1) is 11.8 Å². The number of ether oxygens (including phenoxy) is 1. The van der Waals surface area contributed by atoms with Gasteiger partial charge in [0.2, 0.25) is 5.91 Å². The second kappa shape index (κ2) is 11.1. The molecule has 9 nitrogen and oxygen atoms in total. The predicted octanol–water partition coefficient (Wildman–Crippen LogP) is 3.06. The summed E-state index contributed by atoms with van der Waals surface area (Å²) >= 11 is 0. The number of amides is 2. The lowest BCUT2D eigenvalue weighted by atomic mass is 9.66. The minimum Gasteiger partial charge on any atom is -0.481 e. The van der Waals surface area contributed by atoms with E-state index >= 15 is 0 Å². The summed E-state index contributed by atoms with van der Waals surface area (Å²) in [5.74, 6) is -3.56. The first kappa shape index (κ1) is 28.1. The molecule has 0 radical (unpaired) electrons. The van der Waals surface area contributed by atoms with Crippen LogP contribution in [-0.4, -0.2) is 82.9 Å². The first-order chi connectivity index (χ1) is 18.2. The SMILES string of the molecule is C=CCN(C(=O)C1N(CCCCCO)C(=O)[C@@H]2[C@H](C(=O)O)[C@]3(C)CCC12O3)c1ccc(N(CC)CC)cc1. The van der Waals surface area contributed by atoms with Gasteiger partial charge in [0.1, 0.15) is 11.6 Å². The van der Waals surface area contributed by atoms with Gasteiger partial charge in [0, 0.05) is 44.2 Å². The van der Waals surface area contributed by atoms with Crippen LogP contribution < -0.4 is 9.80 Å². The first-order valence-electron chi connectivity index (χ1n) is 13.8. The van der Waals surface area contributed by atoms with E-state index < -0.39 is 35.0 Å². The second-order valence-corrected chi connectivity index (χ2v) is 10.8. The number of carboxylic acid groups (broad SMARTS) is 1. The number of likely N-dealkylation sites (tertiary alicyclic amines) is 1. The minimum atomic E-state index is -1.18. The van der Waals surface area contributed by atoms with E-state index in [-0.39, 0.29) is 25.0 Å². The van der Waals surface area contributed by atoms with Gasteiger partial charge in [-0.15, -0.1) is 6.58 Å². The van der Waals surface area contributed by atoms with Crippen molar-refractivity contribution in [2.75, 3.05) is 42.6 Å². The zero-order valence-electron chi connectivity index (χ0n) is 22.8. The normalized spacial score (nSPS) is 29.4. The molecule has 0 saturated carbocycles. The van der Waals surface area contributed by atoms with Crippen molar-refractivity contribution in [3.63, 3.8) is 0 Å². The molecule has 2 amide bonds. The summed E-state index contributed by atoms with van der Waals surface area (Å²) in [5.41, 5.74) is -0.418. The zero-order valence-corrected chi connectivity index (χ0v) is 22.8. The van der Waals surface area contributed by atoms with Crippen LogP contribution in [0.2, 0.25) is 0 Å². The molecule has 0 aliphatic carbocycles. The molecule has 3 aliphatic heterocycles. The summed E-state index contributed by atoms with van der Waals surface area (Å²) in [6.07, 6.45) is 4.49. The molecule has 1 spiro atoms. The van der Waals surface area contributed by atoms with Gasteiger partial charge in [-0.1, -0.05) is 6.08 Å². The van der Waals surface area contributed by atoms with E-state index in [4.69, 9.17) is 4.74 Å². The number of unbranched alkanes of at least 4 members (excludes halogenated alkanes) is 2. The second-order valence-electron chi connectivity index (χ2n) is 10.8. The summed E-state index contributed by atoms with van der Waals surface area (Å²) in [6, 6.07) is 6.85. The maximum absolute atomic E-state index is 14.4. The molecular formula is C29H41N3O6. The van der Waals surface area contributed by atoms with Gasteiger partial charge in [0.15, 0.2) is 0 Å². The van der Waals surface area contributed by atoms with Crippen LogP contribution in [0.25, 0.3) is 0 Å². The van der Waals surface area contributed by atoms with E-state index in [9.17, 15) is 24.6 Å². The lowest BCUT2D eigenvalue weighted by Crippen LogP contribution is -2.56. The number of nitrogens with zero attached hydrogens (tertiary/aromatic N) is 3. The number of hydrogen-bond acceptors (Lipinski definition) is 6. The maximum atomic E-state index is 14.4. The van der Waals surface area contributed by atoms with Crippen molar-refractivity contribution in [2.24, 2.45) is 11.8 Å². The molecule has 3 fully saturated rings. The van der Waals surface area contributed by atoms with Crippen molar-refractivity contribution < 1.29 is 29.3 Å². The maximum Gasteiger partial charge on any atom is 0.310 e. The molecule has 0 aromatic heterocycles. The summed E-state index contributed by atoms with van der Waals surface area (Å²) in [5, 5.41) is 19.3. The van der Waals surface area contributed by atoms with Gasteiger partial charge in [-0.2, -0.15) is 0 Å². The van der Waals surface area contributed by atoms with Crippen LogP contribution in [-0.2, 0) is 19.1 Å². The number of aliphatic hydroxyl groups is 1. The minimum absolute atomic E-state index is 0.0576. The Bertz CT molecular complexity index is 1060. The summed E-state index contributed by atoms with van der Waals surface area (Å²) in [7, 11) is 0. The van der Waals surface area contributed by atoms with Gasteiger partial charge >= 0.3 is 5.97 Å². The number of fused-ring (bicyclic) bond motifs is 1. The Labute approximate surface area is 225 Å². The highest BCUT2D eigenvalue weighted by Gasteiger charge is 2.78. The summed E-state index contributed by atoms with van der Waals surface area (Å²) in [6.45, 7) is 12.1. The molecule has 2 unspecified atom stereocenters. The van der Waals surface area contributed by atoms with Crippen molar-refractivity contribution in [3.05, 3.63) is 36.9 Å². The van der Waals surface area contributed by atoms with Crippen LogP contribution in [0.4, 0.5) is 11.4 Å². The lowest BCUT2D eigenvalue weighted by Gasteiger charge is -2.37. The highest BCUT2D eigenvalue weighted by molar-refractivity contribution is 6.04. The van der Waals surface area contributed by atoms with Crippen LogP contribution in [0.15, 0.2) is 36.9 Å². The molecule has 3 saturated heterocycles. The third-order valence-corrected chi connectivity index (χ3v) is 8.70. The number of aliphatic hydroxyl groups excluding tert-OH is 1. The molecule has 208 valence electrons. The Balaban J connectivity index is 1.72. The molecule has 3 aliphatic rings. The number of hydrogen-bond donors (Lipinski definition) is 2. The molecule has 3 heterocycles. The van der Waals surface area contributed by atoms with Crippen molar-refractivity contribution in [2.45, 2.75) is 70.1 Å².